The fourth-order valence-electron chi connectivity index (χ4n) is 3.37. The molecule has 27 heavy (non-hydrogen) atoms. The van der Waals surface area contributed by atoms with Crippen molar-refractivity contribution in [3.05, 3.63) is 47.5 Å². The number of aryl methyl sites for hydroxylation is 1. The Morgan fingerprint density at radius 1 is 1.48 bits per heavy atom. The number of nitrogens with two attached hydrogens (primary N) is 1. The average molecular weight is 393 g/mol. The van der Waals surface area contributed by atoms with Gasteiger partial charge in [0.1, 0.15) is 23.8 Å². The van der Waals surface area contributed by atoms with Crippen molar-refractivity contribution in [1.82, 2.24) is 14.5 Å². The van der Waals surface area contributed by atoms with E-state index in [-0.39, 0.29) is 13.0 Å². The maximum Gasteiger partial charge on any atom is 0.220 e. The van der Waals surface area contributed by atoms with Crippen LogP contribution in [0.5, 0.6) is 5.75 Å². The molecule has 3 rings (SSSR count). The lowest BCUT2D eigenvalue weighted by Crippen LogP contribution is -2.56. The Morgan fingerprint density at radius 2 is 2.33 bits per heavy atom. The number of carbonyl (C=O) groups excluding carboxylic acids is 1. The second-order valence-electron chi connectivity index (χ2n) is 6.76. The number of benzene rings is 1. The van der Waals surface area contributed by atoms with E-state index in [0.29, 0.717) is 30.5 Å². The van der Waals surface area contributed by atoms with Crippen LogP contribution in [-0.2, 0) is 22.6 Å². The first-order valence-corrected chi connectivity index (χ1v) is 9.40. The third kappa shape index (κ3) is 5.22. The molecular weight excluding hydrogens is 368 g/mol. The molecule has 0 unspecified atom stereocenters. The van der Waals surface area contributed by atoms with Crippen molar-refractivity contribution in [2.75, 3.05) is 26.3 Å². The van der Waals surface area contributed by atoms with Gasteiger partial charge in [0, 0.05) is 37.1 Å². The van der Waals surface area contributed by atoms with E-state index < -0.39 is 11.5 Å². The molecule has 0 spiro atoms. The van der Waals surface area contributed by atoms with Gasteiger partial charge in [-0.25, -0.2) is 4.98 Å². The summed E-state index contributed by atoms with van der Waals surface area (Å²) in [5.41, 5.74) is 4.70. The molecule has 1 saturated heterocycles. The Balaban J connectivity index is 1.71. The Morgan fingerprint density at radius 3 is 3.07 bits per heavy atom. The average Bonchev–Trinajstić information content (AvgIpc) is 3.07. The van der Waals surface area contributed by atoms with E-state index in [0.717, 1.165) is 18.9 Å². The molecule has 0 radical (unpaired) electrons. The first-order chi connectivity index (χ1) is 13.0. The van der Waals surface area contributed by atoms with Gasteiger partial charge < -0.3 is 19.8 Å². The second-order valence-corrected chi connectivity index (χ2v) is 7.20. The summed E-state index contributed by atoms with van der Waals surface area (Å²) in [6, 6.07) is 7.15. The van der Waals surface area contributed by atoms with Crippen LogP contribution in [0.15, 0.2) is 36.7 Å². The molecule has 2 aromatic rings. The first-order valence-electron chi connectivity index (χ1n) is 9.03. The number of halogens is 1. The second kappa shape index (κ2) is 8.73. The predicted octanol–water partition coefficient (Wildman–Crippen LogP) is 2.08. The van der Waals surface area contributed by atoms with Crippen molar-refractivity contribution in [2.24, 2.45) is 5.73 Å². The van der Waals surface area contributed by atoms with Crippen LogP contribution in [0.3, 0.4) is 0 Å². The molecule has 0 saturated carbocycles. The summed E-state index contributed by atoms with van der Waals surface area (Å²) < 4.78 is 14.0. The molecule has 1 aromatic carbocycles. The minimum absolute atomic E-state index is 0.0896. The van der Waals surface area contributed by atoms with E-state index >= 15 is 0 Å². The van der Waals surface area contributed by atoms with E-state index in [2.05, 4.69) is 21.4 Å². The minimum atomic E-state index is -0.796. The zero-order valence-corrected chi connectivity index (χ0v) is 16.2. The summed E-state index contributed by atoms with van der Waals surface area (Å²) >= 11 is 6.01. The normalized spacial score (nSPS) is 20.5. The van der Waals surface area contributed by atoms with E-state index in [1.165, 1.54) is 0 Å². The molecule has 2 heterocycles. The zero-order valence-electron chi connectivity index (χ0n) is 15.4. The van der Waals surface area contributed by atoms with Crippen LogP contribution in [0.4, 0.5) is 0 Å². The number of ether oxygens (including phenoxy) is 2. The summed E-state index contributed by atoms with van der Waals surface area (Å²) in [6.45, 7) is 5.64. The number of primary amides is 1. The van der Waals surface area contributed by atoms with E-state index in [9.17, 15) is 4.79 Å². The topological polar surface area (TPSA) is 82.6 Å². The molecule has 7 nitrogen and oxygen atoms in total. The van der Waals surface area contributed by atoms with Crippen LogP contribution >= 0.6 is 11.6 Å². The molecule has 1 aromatic heterocycles. The molecule has 0 bridgehead atoms. The van der Waals surface area contributed by atoms with Gasteiger partial charge in [-0.05, 0) is 25.1 Å². The van der Waals surface area contributed by atoms with Gasteiger partial charge in [0.05, 0.1) is 19.6 Å². The van der Waals surface area contributed by atoms with Crippen LogP contribution in [0.1, 0.15) is 19.2 Å². The van der Waals surface area contributed by atoms with Crippen molar-refractivity contribution < 1.29 is 14.3 Å². The zero-order chi connectivity index (χ0) is 19.3. The van der Waals surface area contributed by atoms with E-state index in [1.807, 2.05) is 18.3 Å². The highest BCUT2D eigenvalue weighted by molar-refractivity contribution is 6.30. The van der Waals surface area contributed by atoms with Gasteiger partial charge in [-0.3, -0.25) is 9.69 Å². The quantitative estimate of drug-likeness (QED) is 0.743. The highest BCUT2D eigenvalue weighted by Gasteiger charge is 2.39. The summed E-state index contributed by atoms with van der Waals surface area (Å²) in [5.74, 6) is 1.21. The number of rotatable bonds is 8. The third-order valence-electron chi connectivity index (χ3n) is 4.63. The number of imidazole rings is 1. The number of hydrogen-bond acceptors (Lipinski definition) is 5. The van der Waals surface area contributed by atoms with Gasteiger partial charge in [0.2, 0.25) is 5.91 Å². The number of aromatic nitrogens is 2. The summed E-state index contributed by atoms with van der Waals surface area (Å²) in [4.78, 5) is 18.4. The van der Waals surface area contributed by atoms with Gasteiger partial charge in [-0.1, -0.05) is 17.7 Å². The maximum atomic E-state index is 11.7. The molecule has 0 aliphatic carbocycles. The van der Waals surface area contributed by atoms with Crippen LogP contribution in [-0.4, -0.2) is 52.3 Å². The monoisotopic (exact) mass is 392 g/mol. The molecule has 2 N–H and O–H groups in total. The van der Waals surface area contributed by atoms with Crippen LogP contribution in [0.25, 0.3) is 0 Å². The lowest BCUT2D eigenvalue weighted by molar-refractivity contribution is -0.148. The maximum absolute atomic E-state index is 11.7. The van der Waals surface area contributed by atoms with Crippen LogP contribution in [0, 0.1) is 0 Å². The number of morpholine rings is 1. The molecule has 146 valence electrons. The highest BCUT2D eigenvalue weighted by atomic mass is 35.5. The lowest BCUT2D eigenvalue weighted by Gasteiger charge is -2.41. The Kier molecular flexibility index (Phi) is 6.36. The standard InChI is InChI=1S/C19H25ClN4O3/c1-2-24-7-6-22-18(24)12-23-8-9-27-19(13-23,11-17(21)25)14-26-16-5-3-4-15(20)10-16/h3-7,10H,2,8-9,11-14H2,1H3,(H2,21,25)/t19-/m1/s1. The summed E-state index contributed by atoms with van der Waals surface area (Å²) in [6.07, 6.45) is 3.86. The summed E-state index contributed by atoms with van der Waals surface area (Å²) in [5, 5.41) is 0.592. The van der Waals surface area contributed by atoms with Crippen LogP contribution < -0.4 is 10.5 Å². The number of amides is 1. The van der Waals surface area contributed by atoms with Gasteiger partial charge in [0.15, 0.2) is 0 Å². The molecule has 1 atom stereocenters. The van der Waals surface area contributed by atoms with E-state index in [4.69, 9.17) is 26.8 Å². The van der Waals surface area contributed by atoms with Gasteiger partial charge in [0.25, 0.3) is 0 Å². The van der Waals surface area contributed by atoms with Crippen molar-refractivity contribution in [1.29, 1.82) is 0 Å². The van der Waals surface area contributed by atoms with E-state index in [1.54, 1.807) is 18.3 Å². The molecular formula is C19H25ClN4O3. The Labute approximate surface area is 164 Å². The number of nitrogens with zero attached hydrogens (tertiary/aromatic N) is 3. The number of hydrogen-bond donors (Lipinski definition) is 1. The van der Waals surface area contributed by atoms with Crippen molar-refractivity contribution in [2.45, 2.75) is 32.0 Å². The molecule has 1 fully saturated rings. The fourth-order valence-corrected chi connectivity index (χ4v) is 3.55. The first kappa shape index (κ1) is 19.7. The van der Waals surface area contributed by atoms with Crippen LogP contribution in [0.2, 0.25) is 5.02 Å². The molecule has 1 aliphatic heterocycles. The molecule has 1 aliphatic rings. The lowest BCUT2D eigenvalue weighted by atomic mass is 9.97. The van der Waals surface area contributed by atoms with Crippen molar-refractivity contribution in [3.8, 4) is 5.75 Å². The SMILES string of the molecule is CCn1ccnc1CN1CCO[C@](COc2cccc(Cl)c2)(CC(N)=O)C1. The largest absolute Gasteiger partial charge is 0.490 e. The Hall–Kier alpha value is -2.09. The van der Waals surface area contributed by atoms with Gasteiger partial charge >= 0.3 is 0 Å². The van der Waals surface area contributed by atoms with Crippen molar-refractivity contribution in [3.63, 3.8) is 0 Å². The van der Waals surface area contributed by atoms with Gasteiger partial charge in [-0.2, -0.15) is 0 Å². The Bertz CT molecular complexity index is 782. The summed E-state index contributed by atoms with van der Waals surface area (Å²) in [7, 11) is 0. The van der Waals surface area contributed by atoms with Gasteiger partial charge in [-0.15, -0.1) is 0 Å². The number of carbonyl (C=O) groups is 1. The predicted molar refractivity (Wildman–Crippen MR) is 103 cm³/mol. The van der Waals surface area contributed by atoms with Crippen molar-refractivity contribution >= 4 is 17.5 Å². The minimum Gasteiger partial charge on any atom is -0.490 e. The third-order valence-corrected chi connectivity index (χ3v) is 4.86. The molecule has 1 amide bonds. The molecule has 8 heteroatoms. The fraction of sp³-hybridized carbons (Fsp3) is 0.474. The smallest absolute Gasteiger partial charge is 0.220 e. The highest BCUT2D eigenvalue weighted by Crippen LogP contribution is 2.26.